The van der Waals surface area contributed by atoms with E-state index in [9.17, 15) is 0 Å². The lowest BCUT2D eigenvalue weighted by Crippen LogP contribution is -2.00. The quantitative estimate of drug-likeness (QED) is 0.315. The lowest BCUT2D eigenvalue weighted by molar-refractivity contribution is 0.535. The maximum absolute atomic E-state index is 5.86. The lowest BCUT2D eigenvalue weighted by atomic mass is 9.99. The Morgan fingerprint density at radius 3 is 1.58 bits per heavy atom. The van der Waals surface area contributed by atoms with E-state index in [4.69, 9.17) is 5.73 Å². The second-order valence-electron chi connectivity index (χ2n) is 7.76. The third-order valence-corrected chi connectivity index (χ3v) is 5.59. The molecular weight excluding hydrogens is 340 g/mol. The third kappa shape index (κ3) is 11.1. The van der Waals surface area contributed by atoms with E-state index >= 15 is 0 Å². The Labute approximate surface area is 169 Å². The number of nitrogen functional groups attached to an aromatic ring is 1. The van der Waals surface area contributed by atoms with Crippen LogP contribution in [-0.4, -0.2) is 4.98 Å². The molecular formula is C23H43ClN2. The van der Waals surface area contributed by atoms with E-state index in [0.29, 0.717) is 5.82 Å². The van der Waals surface area contributed by atoms with Crippen molar-refractivity contribution in [3.8, 4) is 0 Å². The van der Waals surface area contributed by atoms with Crippen LogP contribution in [0.4, 0.5) is 5.82 Å². The number of pyridine rings is 1. The van der Waals surface area contributed by atoms with Crippen LogP contribution in [-0.2, 0) is 6.42 Å². The standard InChI is InChI=1S/C23H42N2.ClH/c1-4-5-6-7-8-9-10-11-12-13-14-15-16-17-18-22-19-25-23(24)21(3)20(22)2;/h19H,4-18H2,1-3H3,(H2,24,25);1H. The smallest absolute Gasteiger partial charge is 0.126 e. The number of nitrogens with two attached hydrogens (primary N) is 1. The van der Waals surface area contributed by atoms with Crippen molar-refractivity contribution < 1.29 is 0 Å². The van der Waals surface area contributed by atoms with Gasteiger partial charge in [0, 0.05) is 6.20 Å². The maximum Gasteiger partial charge on any atom is 0.126 e. The molecule has 0 aliphatic heterocycles. The fourth-order valence-corrected chi connectivity index (χ4v) is 3.54. The van der Waals surface area contributed by atoms with Gasteiger partial charge in [-0.15, -0.1) is 12.4 Å². The van der Waals surface area contributed by atoms with E-state index in [-0.39, 0.29) is 12.4 Å². The molecule has 0 radical (unpaired) electrons. The van der Waals surface area contributed by atoms with E-state index in [1.807, 2.05) is 6.20 Å². The molecule has 3 heteroatoms. The average molecular weight is 383 g/mol. The zero-order valence-corrected chi connectivity index (χ0v) is 18.4. The van der Waals surface area contributed by atoms with Gasteiger partial charge in [-0.25, -0.2) is 4.98 Å². The Kier molecular flexibility index (Phi) is 15.9. The minimum Gasteiger partial charge on any atom is -0.383 e. The van der Waals surface area contributed by atoms with Crippen LogP contribution < -0.4 is 5.73 Å². The van der Waals surface area contributed by atoms with Crippen LogP contribution >= 0.6 is 12.4 Å². The Morgan fingerprint density at radius 2 is 1.12 bits per heavy atom. The van der Waals surface area contributed by atoms with Crippen molar-refractivity contribution in [1.29, 1.82) is 0 Å². The van der Waals surface area contributed by atoms with Crippen LogP contribution in [0.2, 0.25) is 0 Å². The molecule has 0 aliphatic rings. The van der Waals surface area contributed by atoms with E-state index < -0.39 is 0 Å². The normalized spacial score (nSPS) is 10.7. The molecule has 0 fully saturated rings. The van der Waals surface area contributed by atoms with Gasteiger partial charge in [0.2, 0.25) is 0 Å². The summed E-state index contributed by atoms with van der Waals surface area (Å²) in [5, 5.41) is 0. The number of hydrogen-bond donors (Lipinski definition) is 1. The molecule has 152 valence electrons. The van der Waals surface area contributed by atoms with E-state index in [1.54, 1.807) is 0 Å². The van der Waals surface area contributed by atoms with Gasteiger partial charge < -0.3 is 5.73 Å². The van der Waals surface area contributed by atoms with Crippen molar-refractivity contribution in [2.75, 3.05) is 5.73 Å². The molecule has 1 aromatic rings. The third-order valence-electron chi connectivity index (χ3n) is 5.59. The molecule has 0 aromatic carbocycles. The zero-order chi connectivity index (χ0) is 18.3. The first kappa shape index (κ1) is 25.2. The monoisotopic (exact) mass is 382 g/mol. The second kappa shape index (κ2) is 16.4. The number of nitrogens with zero attached hydrogens (tertiary/aromatic N) is 1. The highest BCUT2D eigenvalue weighted by Gasteiger charge is 2.05. The zero-order valence-electron chi connectivity index (χ0n) is 17.6. The highest BCUT2D eigenvalue weighted by Crippen LogP contribution is 2.19. The van der Waals surface area contributed by atoms with Crippen LogP contribution in [0, 0.1) is 13.8 Å². The average Bonchev–Trinajstić information content (AvgIpc) is 2.61. The first-order chi connectivity index (χ1) is 12.2. The molecule has 1 rings (SSSR count). The molecule has 0 aliphatic carbocycles. The van der Waals surface area contributed by atoms with Gasteiger partial charge >= 0.3 is 0 Å². The molecule has 26 heavy (non-hydrogen) atoms. The van der Waals surface area contributed by atoms with Crippen molar-refractivity contribution in [1.82, 2.24) is 4.98 Å². The topological polar surface area (TPSA) is 38.9 Å². The van der Waals surface area contributed by atoms with Crippen LogP contribution in [0.5, 0.6) is 0 Å². The highest BCUT2D eigenvalue weighted by molar-refractivity contribution is 5.85. The van der Waals surface area contributed by atoms with Crippen LogP contribution in [0.15, 0.2) is 6.20 Å². The molecule has 1 aromatic heterocycles. The second-order valence-corrected chi connectivity index (χ2v) is 7.76. The molecule has 0 amide bonds. The molecule has 0 unspecified atom stereocenters. The summed E-state index contributed by atoms with van der Waals surface area (Å²) in [6.45, 7) is 6.54. The summed E-state index contributed by atoms with van der Waals surface area (Å²) in [7, 11) is 0. The molecule has 1 heterocycles. The van der Waals surface area contributed by atoms with Gasteiger partial charge in [-0.1, -0.05) is 90.4 Å². The first-order valence-corrected chi connectivity index (χ1v) is 10.9. The van der Waals surface area contributed by atoms with Gasteiger partial charge in [0.1, 0.15) is 5.82 Å². The molecule has 0 atom stereocenters. The van der Waals surface area contributed by atoms with Crippen molar-refractivity contribution in [3.63, 3.8) is 0 Å². The number of halogens is 1. The van der Waals surface area contributed by atoms with Crippen LogP contribution in [0.25, 0.3) is 0 Å². The molecule has 2 N–H and O–H groups in total. The molecule has 0 saturated heterocycles. The fourth-order valence-electron chi connectivity index (χ4n) is 3.54. The molecule has 2 nitrogen and oxygen atoms in total. The predicted octanol–water partition coefficient (Wildman–Crippen LogP) is 7.73. The summed E-state index contributed by atoms with van der Waals surface area (Å²) in [6, 6.07) is 0. The Morgan fingerprint density at radius 1 is 0.692 bits per heavy atom. The van der Waals surface area contributed by atoms with Crippen molar-refractivity contribution >= 4 is 18.2 Å². The Bertz CT molecular complexity index is 460. The molecule has 0 saturated carbocycles. The summed E-state index contributed by atoms with van der Waals surface area (Å²) in [5.41, 5.74) is 9.73. The Balaban J connectivity index is 0.00000625. The van der Waals surface area contributed by atoms with E-state index in [2.05, 4.69) is 25.8 Å². The van der Waals surface area contributed by atoms with Gasteiger partial charge in [0.25, 0.3) is 0 Å². The van der Waals surface area contributed by atoms with Crippen LogP contribution in [0.1, 0.15) is 114 Å². The largest absolute Gasteiger partial charge is 0.383 e. The minimum absolute atomic E-state index is 0. The van der Waals surface area contributed by atoms with Gasteiger partial charge in [-0.05, 0) is 43.4 Å². The number of unbranched alkanes of at least 4 members (excludes halogenated alkanes) is 13. The van der Waals surface area contributed by atoms with Crippen LogP contribution in [0.3, 0.4) is 0 Å². The number of hydrogen-bond acceptors (Lipinski definition) is 2. The summed E-state index contributed by atoms with van der Waals surface area (Å²) in [4.78, 5) is 4.30. The lowest BCUT2D eigenvalue weighted by Gasteiger charge is -2.10. The summed E-state index contributed by atoms with van der Waals surface area (Å²) in [5.74, 6) is 0.683. The maximum atomic E-state index is 5.86. The Hall–Kier alpha value is -0.760. The van der Waals surface area contributed by atoms with Crippen molar-refractivity contribution in [2.45, 2.75) is 117 Å². The number of aromatic nitrogens is 1. The van der Waals surface area contributed by atoms with Gasteiger partial charge in [-0.2, -0.15) is 0 Å². The SMILES string of the molecule is CCCCCCCCCCCCCCCCc1cnc(N)c(C)c1C.Cl. The first-order valence-electron chi connectivity index (χ1n) is 10.9. The molecule has 0 spiro atoms. The van der Waals surface area contributed by atoms with Crippen molar-refractivity contribution in [2.24, 2.45) is 0 Å². The van der Waals surface area contributed by atoms with Gasteiger partial charge in [-0.3, -0.25) is 0 Å². The molecule has 0 bridgehead atoms. The van der Waals surface area contributed by atoms with Gasteiger partial charge in [0.15, 0.2) is 0 Å². The fraction of sp³-hybridized carbons (Fsp3) is 0.783. The van der Waals surface area contributed by atoms with E-state index in [0.717, 1.165) is 12.0 Å². The number of anilines is 1. The summed E-state index contributed by atoms with van der Waals surface area (Å²) < 4.78 is 0. The number of aryl methyl sites for hydroxylation is 1. The van der Waals surface area contributed by atoms with Gasteiger partial charge in [0.05, 0.1) is 0 Å². The minimum atomic E-state index is 0. The summed E-state index contributed by atoms with van der Waals surface area (Å²) in [6.07, 6.45) is 22.9. The van der Waals surface area contributed by atoms with Crippen molar-refractivity contribution in [3.05, 3.63) is 22.9 Å². The van der Waals surface area contributed by atoms with E-state index in [1.165, 1.54) is 101 Å². The number of rotatable bonds is 15. The highest BCUT2D eigenvalue weighted by atomic mass is 35.5. The predicted molar refractivity (Wildman–Crippen MR) is 119 cm³/mol. The summed E-state index contributed by atoms with van der Waals surface area (Å²) >= 11 is 0.